The zero-order chi connectivity index (χ0) is 11.3. The van der Waals surface area contributed by atoms with E-state index in [1.165, 1.54) is 0 Å². The number of hydrogen-bond acceptors (Lipinski definition) is 2. The number of halogens is 2. The van der Waals surface area contributed by atoms with Gasteiger partial charge in [-0.15, -0.1) is 0 Å². The molecule has 1 atom stereocenters. The van der Waals surface area contributed by atoms with Crippen molar-refractivity contribution < 1.29 is 5.11 Å². The summed E-state index contributed by atoms with van der Waals surface area (Å²) in [7, 11) is 0. The summed E-state index contributed by atoms with van der Waals surface area (Å²) in [5.74, 6) is 0. The fraction of sp³-hybridized carbons (Fsp3) is 0.455. The summed E-state index contributed by atoms with van der Waals surface area (Å²) in [6.45, 7) is 3.15. The van der Waals surface area contributed by atoms with E-state index in [1.54, 1.807) is 6.92 Å². The molecule has 0 heterocycles. The van der Waals surface area contributed by atoms with E-state index in [1.807, 2.05) is 18.2 Å². The minimum Gasteiger partial charge on any atom is -0.393 e. The zero-order valence-electron chi connectivity index (χ0n) is 8.63. The van der Waals surface area contributed by atoms with Crippen LogP contribution in [0.3, 0.4) is 0 Å². The number of aliphatic hydroxyl groups excluding tert-OH is 1. The lowest BCUT2D eigenvalue weighted by Gasteiger charge is -2.09. The second-order valence-electron chi connectivity index (χ2n) is 3.51. The third kappa shape index (κ3) is 4.39. The molecule has 0 spiro atoms. The first-order chi connectivity index (χ1) is 7.11. The van der Waals surface area contributed by atoms with Crippen LogP contribution in [0.15, 0.2) is 18.2 Å². The fourth-order valence-corrected chi connectivity index (χ4v) is 1.76. The topological polar surface area (TPSA) is 32.3 Å². The number of nitrogens with one attached hydrogen (secondary N) is 1. The van der Waals surface area contributed by atoms with Crippen LogP contribution in [0.1, 0.15) is 18.9 Å². The Balaban J connectivity index is 2.43. The third-order valence-corrected chi connectivity index (χ3v) is 2.81. The Labute approximate surface area is 100 Å². The van der Waals surface area contributed by atoms with Crippen molar-refractivity contribution in [3.8, 4) is 0 Å². The van der Waals surface area contributed by atoms with E-state index in [0.29, 0.717) is 16.6 Å². The minimum atomic E-state index is -0.279. The average Bonchev–Trinajstić information content (AvgIpc) is 2.15. The summed E-state index contributed by atoms with van der Waals surface area (Å²) in [6.07, 6.45) is 0.446. The van der Waals surface area contributed by atoms with Crippen molar-refractivity contribution in [1.82, 2.24) is 5.32 Å². The summed E-state index contributed by atoms with van der Waals surface area (Å²) < 4.78 is 0. The maximum absolute atomic E-state index is 9.07. The molecule has 0 aromatic heterocycles. The summed E-state index contributed by atoms with van der Waals surface area (Å²) in [5, 5.41) is 13.6. The van der Waals surface area contributed by atoms with Gasteiger partial charge >= 0.3 is 0 Å². The van der Waals surface area contributed by atoms with Gasteiger partial charge in [0, 0.05) is 22.2 Å². The van der Waals surface area contributed by atoms with Gasteiger partial charge in [-0.2, -0.15) is 0 Å². The molecule has 4 heteroatoms. The van der Waals surface area contributed by atoms with Gasteiger partial charge in [0.05, 0.1) is 6.10 Å². The van der Waals surface area contributed by atoms with Gasteiger partial charge < -0.3 is 10.4 Å². The van der Waals surface area contributed by atoms with E-state index >= 15 is 0 Å². The van der Waals surface area contributed by atoms with Gasteiger partial charge in [0.1, 0.15) is 0 Å². The predicted molar refractivity (Wildman–Crippen MR) is 64.5 cm³/mol. The lowest BCUT2D eigenvalue weighted by molar-refractivity contribution is 0.183. The lowest BCUT2D eigenvalue weighted by atomic mass is 10.2. The average molecular weight is 248 g/mol. The maximum Gasteiger partial charge on any atom is 0.0524 e. The third-order valence-electron chi connectivity index (χ3n) is 2.10. The predicted octanol–water partition coefficient (Wildman–Crippen LogP) is 2.85. The Hall–Kier alpha value is -0.280. The Morgan fingerprint density at radius 2 is 1.93 bits per heavy atom. The van der Waals surface area contributed by atoms with Crippen LogP contribution in [-0.2, 0) is 6.54 Å². The van der Waals surface area contributed by atoms with Crippen molar-refractivity contribution in [1.29, 1.82) is 0 Å². The van der Waals surface area contributed by atoms with Crippen LogP contribution in [0.5, 0.6) is 0 Å². The van der Waals surface area contributed by atoms with E-state index in [4.69, 9.17) is 28.3 Å². The van der Waals surface area contributed by atoms with Crippen molar-refractivity contribution in [2.24, 2.45) is 0 Å². The Kier molecular flexibility index (Phi) is 5.40. The fourth-order valence-electron chi connectivity index (χ4n) is 1.23. The summed E-state index contributed by atoms with van der Waals surface area (Å²) in [5.41, 5.74) is 0.909. The molecule has 0 unspecified atom stereocenters. The molecular weight excluding hydrogens is 233 g/mol. The highest BCUT2D eigenvalue weighted by atomic mass is 35.5. The van der Waals surface area contributed by atoms with Crippen molar-refractivity contribution in [2.45, 2.75) is 26.0 Å². The molecule has 2 nitrogen and oxygen atoms in total. The highest BCUT2D eigenvalue weighted by molar-refractivity contribution is 6.35. The Bertz CT molecular complexity index is 295. The van der Waals surface area contributed by atoms with Crippen molar-refractivity contribution in [2.75, 3.05) is 6.54 Å². The zero-order valence-corrected chi connectivity index (χ0v) is 10.1. The van der Waals surface area contributed by atoms with Gasteiger partial charge in [-0.1, -0.05) is 29.3 Å². The molecule has 0 saturated heterocycles. The first kappa shape index (κ1) is 12.8. The van der Waals surface area contributed by atoms with Gasteiger partial charge in [-0.05, 0) is 32.0 Å². The monoisotopic (exact) mass is 247 g/mol. The minimum absolute atomic E-state index is 0.279. The van der Waals surface area contributed by atoms with Gasteiger partial charge in [-0.3, -0.25) is 0 Å². The maximum atomic E-state index is 9.07. The molecule has 0 bridgehead atoms. The molecule has 0 amide bonds. The van der Waals surface area contributed by atoms with E-state index < -0.39 is 0 Å². The van der Waals surface area contributed by atoms with Gasteiger partial charge in [-0.25, -0.2) is 0 Å². The van der Waals surface area contributed by atoms with Crippen LogP contribution in [0.25, 0.3) is 0 Å². The SMILES string of the molecule is C[C@H](O)CCNCc1c(Cl)cccc1Cl. The molecule has 0 fully saturated rings. The molecule has 0 saturated carbocycles. The second-order valence-corrected chi connectivity index (χ2v) is 4.33. The van der Waals surface area contributed by atoms with Crippen molar-refractivity contribution >= 4 is 23.2 Å². The van der Waals surface area contributed by atoms with E-state index in [0.717, 1.165) is 18.5 Å². The molecule has 0 aliphatic carbocycles. The number of benzene rings is 1. The molecule has 1 aromatic carbocycles. The van der Waals surface area contributed by atoms with E-state index in [9.17, 15) is 0 Å². The first-order valence-electron chi connectivity index (χ1n) is 4.93. The summed E-state index contributed by atoms with van der Waals surface area (Å²) in [6, 6.07) is 5.46. The molecule has 2 N–H and O–H groups in total. The van der Waals surface area contributed by atoms with Crippen LogP contribution in [0.2, 0.25) is 10.0 Å². The number of rotatable bonds is 5. The molecule has 15 heavy (non-hydrogen) atoms. The van der Waals surface area contributed by atoms with Gasteiger partial charge in [0.25, 0.3) is 0 Å². The van der Waals surface area contributed by atoms with E-state index in [-0.39, 0.29) is 6.10 Å². The number of aliphatic hydroxyl groups is 1. The molecule has 84 valence electrons. The summed E-state index contributed by atoms with van der Waals surface area (Å²) >= 11 is 12.0. The largest absolute Gasteiger partial charge is 0.393 e. The van der Waals surface area contributed by atoms with Gasteiger partial charge in [0.15, 0.2) is 0 Å². The molecule has 0 aliphatic heterocycles. The van der Waals surface area contributed by atoms with Gasteiger partial charge in [0.2, 0.25) is 0 Å². The molecule has 1 rings (SSSR count). The lowest BCUT2D eigenvalue weighted by Crippen LogP contribution is -2.19. The van der Waals surface area contributed by atoms with Crippen LogP contribution in [0.4, 0.5) is 0 Å². The second kappa shape index (κ2) is 6.33. The molecule has 1 aromatic rings. The first-order valence-corrected chi connectivity index (χ1v) is 5.68. The van der Waals surface area contributed by atoms with Crippen LogP contribution in [-0.4, -0.2) is 17.8 Å². The smallest absolute Gasteiger partial charge is 0.0524 e. The number of hydrogen-bond donors (Lipinski definition) is 2. The molecule has 0 aliphatic rings. The molecular formula is C11H15Cl2NO. The van der Waals surface area contributed by atoms with Crippen LogP contribution >= 0.6 is 23.2 Å². The van der Waals surface area contributed by atoms with Crippen LogP contribution < -0.4 is 5.32 Å². The quantitative estimate of drug-likeness (QED) is 0.785. The van der Waals surface area contributed by atoms with Crippen LogP contribution in [0, 0.1) is 0 Å². The standard InChI is InChI=1S/C11H15Cl2NO/c1-8(15)5-6-14-7-9-10(12)3-2-4-11(9)13/h2-4,8,14-15H,5-7H2,1H3/t8-/m0/s1. The highest BCUT2D eigenvalue weighted by Crippen LogP contribution is 2.23. The van der Waals surface area contributed by atoms with E-state index in [2.05, 4.69) is 5.32 Å². The Morgan fingerprint density at radius 3 is 2.47 bits per heavy atom. The van der Waals surface area contributed by atoms with Crippen molar-refractivity contribution in [3.05, 3.63) is 33.8 Å². The Morgan fingerprint density at radius 1 is 1.33 bits per heavy atom. The summed E-state index contributed by atoms with van der Waals surface area (Å²) in [4.78, 5) is 0. The van der Waals surface area contributed by atoms with Crippen molar-refractivity contribution in [3.63, 3.8) is 0 Å². The normalized spacial score (nSPS) is 12.8. The molecule has 0 radical (unpaired) electrons. The highest BCUT2D eigenvalue weighted by Gasteiger charge is 2.04.